The van der Waals surface area contributed by atoms with Gasteiger partial charge >= 0.3 is 60.4 Å². The average molecular weight is 1080 g/mol. The summed E-state index contributed by atoms with van der Waals surface area (Å²) in [4.78, 5) is 69.9. The standard InChI is InChI=1S/C20H21NO3.C20H19NO3.C18H16BrNO.CH4.B.ClH.Li.Na/c2*1-12-7-16-10-17(22)11-19(21-18(16)8-13(12)2)14-5-4-6-15(9-14)20(23)24-3;1-11-6-14-9-16(21)10-18(20-17(14)7-12(11)2)13-4-3-5-15(19)8-13;;;;;/h4-9,19,21H,10-11H2,1-3H3;4-9H,10-11H2,1-3H3;3-8H,9-10H2,1-2H3;1H4;;1H;;/q;;;;;;2*+1/p-1. The summed E-state index contributed by atoms with van der Waals surface area (Å²) in [5, 5.41) is 3.49. The molecule has 371 valence electrons. The third-order valence-corrected chi connectivity index (χ3v) is 13.3. The molecule has 0 fully saturated rings. The van der Waals surface area contributed by atoms with Crippen molar-refractivity contribution in [3.8, 4) is 0 Å². The predicted molar refractivity (Wildman–Crippen MR) is 289 cm³/mol. The van der Waals surface area contributed by atoms with E-state index < -0.39 is 5.97 Å². The van der Waals surface area contributed by atoms with Crippen LogP contribution in [0.5, 0.6) is 0 Å². The summed E-state index contributed by atoms with van der Waals surface area (Å²) in [6.45, 7) is 12.4. The van der Waals surface area contributed by atoms with E-state index in [1.807, 2.05) is 68.4 Å². The molecule has 1 N–H and O–H groups in total. The molecule has 74 heavy (non-hydrogen) atoms. The van der Waals surface area contributed by atoms with E-state index in [1.165, 1.54) is 36.5 Å². The van der Waals surface area contributed by atoms with Crippen molar-refractivity contribution in [2.45, 2.75) is 93.5 Å². The van der Waals surface area contributed by atoms with E-state index in [0.29, 0.717) is 48.9 Å². The monoisotopic (exact) mass is 1080 g/mol. The Balaban J connectivity index is 0.000000368. The van der Waals surface area contributed by atoms with E-state index in [0.717, 1.165) is 71.8 Å². The van der Waals surface area contributed by atoms with Gasteiger partial charge in [-0.15, -0.1) is 0 Å². The molecular weight excluding hydrogens is 1020 g/mol. The number of rotatable bonds is 5. The number of hydrogen-bond donors (Lipinski definition) is 1. The van der Waals surface area contributed by atoms with Gasteiger partial charge in [-0.25, -0.2) is 9.59 Å². The number of fused-ring (bicyclic) bond motifs is 3. The average Bonchev–Trinajstić information content (AvgIpc) is 3.68. The number of nitrogens with one attached hydrogen (secondary N) is 1. The first-order valence-corrected chi connectivity index (χ1v) is 23.7. The summed E-state index contributed by atoms with van der Waals surface area (Å²) in [5.74, 6) is -0.235. The number of aliphatic imine (C=N–C) groups is 2. The van der Waals surface area contributed by atoms with Crippen molar-refractivity contribution in [1.82, 2.24) is 0 Å². The van der Waals surface area contributed by atoms with Crippen LogP contribution in [0, 0.1) is 41.5 Å². The molecule has 0 aromatic heterocycles. The van der Waals surface area contributed by atoms with E-state index in [9.17, 15) is 24.0 Å². The maximum absolute atomic E-state index is 12.4. The van der Waals surface area contributed by atoms with Crippen LogP contribution in [0.1, 0.15) is 120 Å². The molecule has 3 heterocycles. The quantitative estimate of drug-likeness (QED) is 0.205. The molecule has 3 radical (unpaired) electrons. The van der Waals surface area contributed by atoms with E-state index >= 15 is 0 Å². The first-order valence-electron chi connectivity index (χ1n) is 22.9. The largest absolute Gasteiger partial charge is 1.00 e. The maximum Gasteiger partial charge on any atom is 1.00 e. The van der Waals surface area contributed by atoms with Gasteiger partial charge in [-0.1, -0.05) is 78.0 Å². The van der Waals surface area contributed by atoms with Gasteiger partial charge in [0, 0.05) is 57.1 Å². The summed E-state index contributed by atoms with van der Waals surface area (Å²) < 4.78 is 10.5. The summed E-state index contributed by atoms with van der Waals surface area (Å²) in [6, 6.07) is 34.6. The van der Waals surface area contributed by atoms with Gasteiger partial charge in [0.2, 0.25) is 0 Å². The van der Waals surface area contributed by atoms with Crippen LogP contribution in [0.2, 0.25) is 0 Å². The van der Waals surface area contributed by atoms with Gasteiger partial charge in [-0.3, -0.25) is 24.4 Å². The minimum absolute atomic E-state index is 0. The summed E-state index contributed by atoms with van der Waals surface area (Å²) in [7, 11) is 2.72. The number of benzene rings is 6. The Labute approximate surface area is 487 Å². The van der Waals surface area contributed by atoms with Gasteiger partial charge in [-0.05, 0) is 163 Å². The Kier molecular flexibility index (Phi) is 25.7. The van der Waals surface area contributed by atoms with Crippen molar-refractivity contribution in [2.75, 3.05) is 19.5 Å². The number of esters is 2. The van der Waals surface area contributed by atoms with Crippen LogP contribution in [0.3, 0.4) is 0 Å². The second kappa shape index (κ2) is 29.2. The predicted octanol–water partition coefficient (Wildman–Crippen LogP) is 3.45. The van der Waals surface area contributed by atoms with Gasteiger partial charge in [-0.2, -0.15) is 0 Å². The Morgan fingerprint density at radius 2 is 0.973 bits per heavy atom. The number of Topliss-reactive ketones (excluding diaryl/α,β-unsaturated/α-hetero) is 3. The van der Waals surface area contributed by atoms with Crippen LogP contribution < -0.4 is 66.1 Å². The molecule has 1 unspecified atom stereocenters. The van der Waals surface area contributed by atoms with Gasteiger partial charge in [0.15, 0.2) is 0 Å². The Morgan fingerprint density at radius 1 is 0.554 bits per heavy atom. The summed E-state index contributed by atoms with van der Waals surface area (Å²) in [5.41, 5.74) is 18.1. The molecule has 0 amide bonds. The van der Waals surface area contributed by atoms with Crippen LogP contribution in [-0.2, 0) is 43.1 Å². The Bertz CT molecular complexity index is 3120. The normalized spacial score (nSPS) is 14.0. The number of methoxy groups -OCH3 is 2. The smallest absolute Gasteiger partial charge is 1.00 e. The minimum Gasteiger partial charge on any atom is -1.00 e. The van der Waals surface area contributed by atoms with Crippen molar-refractivity contribution in [3.63, 3.8) is 0 Å². The summed E-state index contributed by atoms with van der Waals surface area (Å²) >= 11 is 3.48. The number of carbonyl (C=O) groups excluding carboxylic acids is 5. The van der Waals surface area contributed by atoms with E-state index in [1.54, 1.807) is 30.3 Å². The molecule has 15 heteroatoms. The number of aryl methyl sites for hydroxylation is 6. The zero-order valence-corrected chi connectivity index (χ0v) is 47.6. The molecule has 0 aliphatic carbocycles. The SMILES string of the molecule is C.COC(=O)c1cccc(C2=Nc3cc(C)c(C)cc3CC(=O)C2)c1.COC(=O)c1cccc(C2CC(=O)Cc3cc(C)c(C)cc3N2)c1.Cc1cc2c(cc1C)N=C(c1cccc(Br)c1)CC(=O)C2.[B].[Cl-].[Li+].[Na+]. The fraction of sp³-hybridized carbons (Fsp3) is 0.271. The molecule has 3 aliphatic heterocycles. The Hall–Kier alpha value is -5.16. The molecule has 0 saturated heterocycles. The molecule has 9 rings (SSSR count). The first kappa shape index (κ1) is 65.0. The van der Waals surface area contributed by atoms with Crippen LogP contribution >= 0.6 is 15.9 Å². The van der Waals surface area contributed by atoms with Gasteiger partial charge in [0.05, 0.1) is 54.2 Å². The van der Waals surface area contributed by atoms with Crippen LogP contribution in [-0.4, -0.2) is 63.3 Å². The van der Waals surface area contributed by atoms with E-state index in [4.69, 9.17) is 19.5 Å². The van der Waals surface area contributed by atoms with Crippen molar-refractivity contribution in [3.05, 3.63) is 192 Å². The maximum atomic E-state index is 12.4. The van der Waals surface area contributed by atoms with Crippen LogP contribution in [0.4, 0.5) is 17.1 Å². The number of hydrogen-bond acceptors (Lipinski definition) is 10. The molecule has 6 aromatic carbocycles. The van der Waals surface area contributed by atoms with Crippen LogP contribution in [0.15, 0.2) is 124 Å². The van der Waals surface area contributed by atoms with Crippen molar-refractivity contribution in [2.24, 2.45) is 9.98 Å². The second-order valence-electron chi connectivity index (χ2n) is 17.9. The van der Waals surface area contributed by atoms with Gasteiger partial charge in [0.1, 0.15) is 17.3 Å². The van der Waals surface area contributed by atoms with Crippen LogP contribution in [0.25, 0.3) is 0 Å². The minimum atomic E-state index is -0.399. The number of ketones is 3. The van der Waals surface area contributed by atoms with E-state index in [-0.39, 0.29) is 112 Å². The Morgan fingerprint density at radius 3 is 1.47 bits per heavy atom. The second-order valence-corrected chi connectivity index (χ2v) is 18.9. The number of nitrogens with zero attached hydrogens (tertiary/aromatic N) is 2. The molecule has 0 spiro atoms. The van der Waals surface area contributed by atoms with Crippen molar-refractivity contribution < 1.29 is 94.3 Å². The fourth-order valence-electron chi connectivity index (χ4n) is 8.56. The number of carbonyl (C=O) groups is 5. The zero-order valence-electron chi connectivity index (χ0n) is 43.3. The number of halogens is 2. The van der Waals surface area contributed by atoms with E-state index in [2.05, 4.69) is 73.2 Å². The van der Waals surface area contributed by atoms with Crippen molar-refractivity contribution >= 4 is 82.1 Å². The first-order chi connectivity index (χ1) is 33.0. The number of ether oxygens (including phenoxy) is 2. The molecule has 3 aliphatic rings. The third-order valence-electron chi connectivity index (χ3n) is 12.8. The molecule has 6 aromatic rings. The molecular formula is C59H60BBrClLiN3NaO7+. The fourth-order valence-corrected chi connectivity index (χ4v) is 8.96. The third kappa shape index (κ3) is 16.4. The topological polar surface area (TPSA) is 141 Å². The van der Waals surface area contributed by atoms with Gasteiger partial charge < -0.3 is 27.2 Å². The molecule has 0 saturated carbocycles. The molecule has 10 nitrogen and oxygen atoms in total. The zero-order chi connectivity index (χ0) is 49.5. The van der Waals surface area contributed by atoms with Gasteiger partial charge in [0.25, 0.3) is 0 Å². The summed E-state index contributed by atoms with van der Waals surface area (Å²) in [6.07, 6.45) is 2.35. The molecule has 1 atom stereocenters. The molecule has 0 bridgehead atoms. The number of anilines is 1. The van der Waals surface area contributed by atoms with Crippen molar-refractivity contribution in [1.29, 1.82) is 0 Å².